The predicted molar refractivity (Wildman–Crippen MR) is 111 cm³/mol. The maximum atomic E-state index is 13.4. The van der Waals surface area contributed by atoms with E-state index >= 15 is 0 Å². The average molecular weight is 407 g/mol. The molecule has 3 heterocycles. The van der Waals surface area contributed by atoms with Gasteiger partial charge in [0.2, 0.25) is 5.43 Å². The van der Waals surface area contributed by atoms with E-state index in [1.807, 2.05) is 37.3 Å². The lowest BCUT2D eigenvalue weighted by molar-refractivity contribution is 0.0687. The van der Waals surface area contributed by atoms with Crippen LogP contribution in [0, 0.1) is 6.92 Å². The summed E-state index contributed by atoms with van der Waals surface area (Å²) in [4.78, 5) is 32.2. The van der Waals surface area contributed by atoms with Crippen molar-refractivity contribution in [3.8, 4) is 5.75 Å². The van der Waals surface area contributed by atoms with Crippen molar-refractivity contribution in [2.24, 2.45) is 7.05 Å². The first-order valence-electron chi connectivity index (χ1n) is 10.1. The minimum Gasteiger partial charge on any atom is -0.483 e. The number of H-pyrrole nitrogens is 1. The second-order valence-electron chi connectivity index (χ2n) is 7.61. The van der Waals surface area contributed by atoms with Crippen LogP contribution in [0.5, 0.6) is 5.75 Å². The predicted octanol–water partition coefficient (Wildman–Crippen LogP) is 2.41. The Bertz CT molecular complexity index is 1090. The molecule has 8 heteroatoms. The molecule has 30 heavy (non-hydrogen) atoms. The zero-order chi connectivity index (χ0) is 21.1. The minimum atomic E-state index is -0.300. The van der Waals surface area contributed by atoms with Gasteiger partial charge in [0, 0.05) is 38.3 Å². The number of piperidine rings is 1. The molecule has 1 saturated heterocycles. The van der Waals surface area contributed by atoms with Crippen LogP contribution in [0.1, 0.15) is 46.5 Å². The molecule has 0 aliphatic carbocycles. The summed E-state index contributed by atoms with van der Waals surface area (Å²) in [6.07, 6.45) is 3.38. The average Bonchev–Trinajstić information content (AvgIpc) is 3.21. The van der Waals surface area contributed by atoms with Crippen molar-refractivity contribution in [2.75, 3.05) is 13.1 Å². The monoisotopic (exact) mass is 407 g/mol. The van der Waals surface area contributed by atoms with Gasteiger partial charge in [-0.2, -0.15) is 5.10 Å². The van der Waals surface area contributed by atoms with Crippen LogP contribution < -0.4 is 10.2 Å². The first-order chi connectivity index (χ1) is 14.5. The van der Waals surface area contributed by atoms with E-state index in [4.69, 9.17) is 4.74 Å². The lowest BCUT2D eigenvalue weighted by Crippen LogP contribution is -2.41. The van der Waals surface area contributed by atoms with Gasteiger partial charge in [0.15, 0.2) is 17.3 Å². The Morgan fingerprint density at radius 3 is 2.80 bits per heavy atom. The van der Waals surface area contributed by atoms with Crippen molar-refractivity contribution in [2.45, 2.75) is 32.3 Å². The number of carbonyl (C=O) groups is 1. The zero-order valence-corrected chi connectivity index (χ0v) is 17.2. The summed E-state index contributed by atoms with van der Waals surface area (Å²) in [6.45, 7) is 3.22. The Kier molecular flexibility index (Phi) is 5.65. The molecule has 0 bridgehead atoms. The third kappa shape index (κ3) is 4.12. The summed E-state index contributed by atoms with van der Waals surface area (Å²) >= 11 is 0. The number of nitrogens with one attached hydrogen (secondary N) is 1. The van der Waals surface area contributed by atoms with Gasteiger partial charge in [0.25, 0.3) is 5.91 Å². The van der Waals surface area contributed by atoms with Crippen LogP contribution in [-0.4, -0.2) is 43.6 Å². The molecule has 1 amide bonds. The van der Waals surface area contributed by atoms with E-state index < -0.39 is 0 Å². The van der Waals surface area contributed by atoms with Crippen LogP contribution in [0.15, 0.2) is 47.4 Å². The van der Waals surface area contributed by atoms with Crippen molar-refractivity contribution in [1.82, 2.24) is 24.6 Å². The molecule has 0 spiro atoms. The largest absolute Gasteiger partial charge is 0.483 e. The van der Waals surface area contributed by atoms with Crippen molar-refractivity contribution in [1.29, 1.82) is 0 Å². The van der Waals surface area contributed by atoms with Crippen LogP contribution >= 0.6 is 0 Å². The van der Waals surface area contributed by atoms with Crippen molar-refractivity contribution in [3.63, 3.8) is 0 Å². The number of carbonyl (C=O) groups excluding carboxylic acids is 1. The van der Waals surface area contributed by atoms with Gasteiger partial charge in [-0.3, -0.25) is 14.7 Å². The summed E-state index contributed by atoms with van der Waals surface area (Å²) in [5, 5.41) is 7.13. The summed E-state index contributed by atoms with van der Waals surface area (Å²) in [5.41, 5.74) is 0.899. The Balaban J connectivity index is 1.58. The van der Waals surface area contributed by atoms with Gasteiger partial charge in [-0.05, 0) is 25.3 Å². The molecule has 156 valence electrons. The molecular weight excluding hydrogens is 382 g/mol. The van der Waals surface area contributed by atoms with Gasteiger partial charge >= 0.3 is 0 Å². The number of aryl methyl sites for hydroxylation is 2. The molecule has 1 aliphatic rings. The van der Waals surface area contributed by atoms with Gasteiger partial charge < -0.3 is 14.2 Å². The quantitative estimate of drug-likeness (QED) is 0.701. The Hall–Kier alpha value is -3.42. The highest BCUT2D eigenvalue weighted by molar-refractivity contribution is 5.95. The third-order valence-corrected chi connectivity index (χ3v) is 5.36. The molecule has 0 saturated carbocycles. The van der Waals surface area contributed by atoms with E-state index in [0.717, 1.165) is 30.1 Å². The molecule has 4 rings (SSSR count). The van der Waals surface area contributed by atoms with Crippen LogP contribution in [-0.2, 0) is 13.7 Å². The maximum absolute atomic E-state index is 13.4. The first kappa shape index (κ1) is 19.9. The number of pyridine rings is 1. The van der Waals surface area contributed by atoms with E-state index in [-0.39, 0.29) is 35.3 Å². The van der Waals surface area contributed by atoms with E-state index in [0.29, 0.717) is 13.1 Å². The molecule has 2 aromatic heterocycles. The highest BCUT2D eigenvalue weighted by Crippen LogP contribution is 2.27. The Morgan fingerprint density at radius 1 is 1.27 bits per heavy atom. The highest BCUT2D eigenvalue weighted by Gasteiger charge is 2.30. The molecular formula is C22H25N5O3. The molecule has 1 aliphatic heterocycles. The van der Waals surface area contributed by atoms with E-state index in [9.17, 15) is 9.59 Å². The fourth-order valence-electron chi connectivity index (χ4n) is 3.79. The lowest BCUT2D eigenvalue weighted by Gasteiger charge is -2.32. The SMILES string of the molecule is Cc1nc(C2CCCN(C(=O)c3c(OCc4ccccc4)c(=O)ccn3C)C2)n[nH]1. The fourth-order valence-corrected chi connectivity index (χ4v) is 3.79. The van der Waals surface area contributed by atoms with Gasteiger partial charge in [-0.15, -0.1) is 0 Å². The molecule has 1 atom stereocenters. The standard InChI is InChI=1S/C22H25N5O3/c1-15-23-21(25-24-15)17-9-6-11-27(13-17)22(29)19-20(18(28)10-12-26(19)2)30-14-16-7-4-3-5-8-16/h3-5,7-8,10,12,17H,6,9,11,13-14H2,1-2H3,(H,23,24,25). The minimum absolute atomic E-state index is 0.0714. The van der Waals surface area contributed by atoms with Gasteiger partial charge in [0.05, 0.1) is 0 Å². The molecule has 3 aromatic rings. The van der Waals surface area contributed by atoms with Crippen molar-refractivity contribution < 1.29 is 9.53 Å². The number of aromatic amines is 1. The molecule has 1 aromatic carbocycles. The molecule has 1 unspecified atom stereocenters. The van der Waals surface area contributed by atoms with E-state index in [1.165, 1.54) is 6.07 Å². The number of benzene rings is 1. The topological polar surface area (TPSA) is 93.1 Å². The lowest BCUT2D eigenvalue weighted by atomic mass is 9.97. The van der Waals surface area contributed by atoms with Gasteiger partial charge in [-0.1, -0.05) is 30.3 Å². The highest BCUT2D eigenvalue weighted by atomic mass is 16.5. The second kappa shape index (κ2) is 8.52. The molecule has 1 fully saturated rings. The number of ether oxygens (including phenoxy) is 1. The zero-order valence-electron chi connectivity index (χ0n) is 17.2. The first-order valence-corrected chi connectivity index (χ1v) is 10.1. The number of likely N-dealkylation sites (tertiary alicyclic amines) is 1. The maximum Gasteiger partial charge on any atom is 0.274 e. The number of nitrogens with zero attached hydrogens (tertiary/aromatic N) is 4. The normalized spacial score (nSPS) is 16.5. The van der Waals surface area contributed by atoms with Crippen LogP contribution in [0.4, 0.5) is 0 Å². The Morgan fingerprint density at radius 2 is 2.07 bits per heavy atom. The number of amides is 1. The fraction of sp³-hybridized carbons (Fsp3) is 0.364. The van der Waals surface area contributed by atoms with Crippen LogP contribution in [0.3, 0.4) is 0 Å². The Labute approximate surface area is 174 Å². The number of hydrogen-bond acceptors (Lipinski definition) is 5. The van der Waals surface area contributed by atoms with E-state index in [2.05, 4.69) is 15.2 Å². The van der Waals surface area contributed by atoms with Crippen LogP contribution in [0.25, 0.3) is 0 Å². The summed E-state index contributed by atoms with van der Waals surface area (Å²) < 4.78 is 7.51. The van der Waals surface area contributed by atoms with Gasteiger partial charge in [-0.25, -0.2) is 4.98 Å². The molecule has 1 N–H and O–H groups in total. The van der Waals surface area contributed by atoms with Crippen LogP contribution in [0.2, 0.25) is 0 Å². The number of rotatable bonds is 5. The summed E-state index contributed by atoms with van der Waals surface area (Å²) in [5.74, 6) is 1.44. The van der Waals surface area contributed by atoms with Gasteiger partial charge in [0.1, 0.15) is 12.4 Å². The second-order valence-corrected chi connectivity index (χ2v) is 7.61. The number of aromatic nitrogens is 4. The van der Waals surface area contributed by atoms with Crippen molar-refractivity contribution >= 4 is 5.91 Å². The molecule has 8 nitrogen and oxygen atoms in total. The summed E-state index contributed by atoms with van der Waals surface area (Å²) in [6, 6.07) is 11.0. The summed E-state index contributed by atoms with van der Waals surface area (Å²) in [7, 11) is 1.75. The van der Waals surface area contributed by atoms with E-state index in [1.54, 1.807) is 22.7 Å². The number of hydrogen-bond donors (Lipinski definition) is 1. The smallest absolute Gasteiger partial charge is 0.274 e. The molecule has 0 radical (unpaired) electrons. The third-order valence-electron chi connectivity index (χ3n) is 5.36. The van der Waals surface area contributed by atoms with Crippen molar-refractivity contribution in [3.05, 3.63) is 75.7 Å².